The van der Waals surface area contributed by atoms with Gasteiger partial charge in [-0.15, -0.1) is 0 Å². The number of benzene rings is 1. The number of aliphatic carboxylic acids is 1. The van der Waals surface area contributed by atoms with Crippen LogP contribution in [0, 0.1) is 18.7 Å². The fourth-order valence-corrected chi connectivity index (χ4v) is 1.94. The number of halogens is 1. The maximum Gasteiger partial charge on any atom is 0.320 e. The molecule has 1 atom stereocenters. The predicted octanol–water partition coefficient (Wildman–Crippen LogP) is 2.09. The number of nitrogens with one attached hydrogen (secondary N) is 1. The lowest BCUT2D eigenvalue weighted by atomic mass is 10.1. The first-order valence-electron chi connectivity index (χ1n) is 5.79. The van der Waals surface area contributed by atoms with Gasteiger partial charge in [-0.25, -0.2) is 4.39 Å². The minimum absolute atomic E-state index is 0.209. The van der Waals surface area contributed by atoms with Gasteiger partial charge in [-0.2, -0.15) is 0 Å². The van der Waals surface area contributed by atoms with Gasteiger partial charge in [0.15, 0.2) is 0 Å². The van der Waals surface area contributed by atoms with Crippen LogP contribution >= 0.6 is 0 Å². The van der Waals surface area contributed by atoms with Crippen molar-refractivity contribution in [1.82, 2.24) is 5.32 Å². The highest BCUT2D eigenvalue weighted by molar-refractivity contribution is 5.74. The molecule has 0 amide bonds. The third-order valence-electron chi connectivity index (χ3n) is 3.07. The molecule has 1 unspecified atom stereocenters. The number of carboxylic acids is 1. The Hall–Kier alpha value is -1.42. The van der Waals surface area contributed by atoms with E-state index >= 15 is 0 Å². The van der Waals surface area contributed by atoms with Crippen LogP contribution in [0.4, 0.5) is 4.39 Å². The lowest BCUT2D eigenvalue weighted by molar-refractivity contribution is -0.140. The number of hydrogen-bond acceptors (Lipinski definition) is 2. The van der Waals surface area contributed by atoms with Gasteiger partial charge in [0.2, 0.25) is 0 Å². The second-order valence-electron chi connectivity index (χ2n) is 4.63. The zero-order chi connectivity index (χ0) is 12.4. The van der Waals surface area contributed by atoms with Gasteiger partial charge in [0.05, 0.1) is 0 Å². The maximum atomic E-state index is 13.5. The first-order chi connectivity index (χ1) is 8.08. The number of carbonyl (C=O) groups is 1. The normalized spacial score (nSPS) is 16.8. The second-order valence-corrected chi connectivity index (χ2v) is 4.63. The summed E-state index contributed by atoms with van der Waals surface area (Å²) in [6.07, 6.45) is 1.89. The summed E-state index contributed by atoms with van der Waals surface area (Å²) in [6, 6.07) is 4.32. The van der Waals surface area contributed by atoms with E-state index in [0.29, 0.717) is 5.56 Å². The first-order valence-corrected chi connectivity index (χ1v) is 5.79. The summed E-state index contributed by atoms with van der Waals surface area (Å²) >= 11 is 0. The second kappa shape index (κ2) is 4.84. The van der Waals surface area contributed by atoms with Crippen LogP contribution in [-0.2, 0) is 11.3 Å². The summed E-state index contributed by atoms with van der Waals surface area (Å²) in [7, 11) is 0. The molecule has 1 aromatic rings. The largest absolute Gasteiger partial charge is 0.480 e. The average Bonchev–Trinajstić information content (AvgIpc) is 3.07. The van der Waals surface area contributed by atoms with Gasteiger partial charge in [0.1, 0.15) is 11.9 Å². The Morgan fingerprint density at radius 1 is 1.59 bits per heavy atom. The minimum atomic E-state index is -0.847. The zero-order valence-corrected chi connectivity index (χ0v) is 9.74. The highest BCUT2D eigenvalue weighted by Gasteiger charge is 2.35. The van der Waals surface area contributed by atoms with Gasteiger partial charge in [0, 0.05) is 12.1 Å². The molecule has 3 nitrogen and oxygen atoms in total. The molecule has 92 valence electrons. The number of carboxylic acid groups (broad SMARTS) is 1. The summed E-state index contributed by atoms with van der Waals surface area (Å²) in [4.78, 5) is 11.0. The molecule has 1 saturated carbocycles. The molecule has 1 fully saturated rings. The van der Waals surface area contributed by atoms with Crippen molar-refractivity contribution in [1.29, 1.82) is 0 Å². The Kier molecular flexibility index (Phi) is 3.43. The minimum Gasteiger partial charge on any atom is -0.480 e. The number of rotatable bonds is 5. The molecule has 1 aliphatic carbocycles. The Morgan fingerprint density at radius 3 is 2.88 bits per heavy atom. The van der Waals surface area contributed by atoms with Crippen molar-refractivity contribution in [3.8, 4) is 0 Å². The van der Waals surface area contributed by atoms with Crippen molar-refractivity contribution in [2.75, 3.05) is 0 Å². The van der Waals surface area contributed by atoms with Crippen molar-refractivity contribution in [2.24, 2.45) is 5.92 Å². The SMILES string of the molecule is Cc1ccc(F)c(CNC(C(=O)O)C2CC2)c1. The van der Waals surface area contributed by atoms with E-state index in [1.54, 1.807) is 12.1 Å². The van der Waals surface area contributed by atoms with E-state index in [1.807, 2.05) is 6.92 Å². The number of aryl methyl sites for hydroxylation is 1. The highest BCUT2D eigenvalue weighted by atomic mass is 19.1. The van der Waals surface area contributed by atoms with Gasteiger partial charge < -0.3 is 5.11 Å². The summed E-state index contributed by atoms with van der Waals surface area (Å²) in [5, 5.41) is 12.0. The Bertz CT molecular complexity index is 429. The quantitative estimate of drug-likeness (QED) is 0.824. The van der Waals surface area contributed by atoms with E-state index in [4.69, 9.17) is 5.11 Å². The lowest BCUT2D eigenvalue weighted by Gasteiger charge is -2.14. The van der Waals surface area contributed by atoms with Crippen LogP contribution in [-0.4, -0.2) is 17.1 Å². The van der Waals surface area contributed by atoms with Gasteiger partial charge >= 0.3 is 5.97 Å². The van der Waals surface area contributed by atoms with Crippen molar-refractivity contribution in [3.63, 3.8) is 0 Å². The molecule has 0 aromatic heterocycles. The third kappa shape index (κ3) is 3.03. The molecule has 4 heteroatoms. The summed E-state index contributed by atoms with van der Waals surface area (Å²) in [5.41, 5.74) is 1.50. The molecule has 0 aliphatic heterocycles. The molecule has 0 radical (unpaired) electrons. The van der Waals surface area contributed by atoms with E-state index in [2.05, 4.69) is 5.32 Å². The van der Waals surface area contributed by atoms with Gasteiger partial charge in [-0.1, -0.05) is 17.7 Å². The average molecular weight is 237 g/mol. The molecule has 1 aromatic carbocycles. The molecular formula is C13H16FNO2. The fourth-order valence-electron chi connectivity index (χ4n) is 1.94. The predicted molar refractivity (Wildman–Crippen MR) is 62.1 cm³/mol. The van der Waals surface area contributed by atoms with Crippen molar-refractivity contribution in [3.05, 3.63) is 35.1 Å². The lowest BCUT2D eigenvalue weighted by Crippen LogP contribution is -2.38. The molecule has 2 N–H and O–H groups in total. The van der Waals surface area contributed by atoms with Crippen LogP contribution < -0.4 is 5.32 Å². The van der Waals surface area contributed by atoms with Crippen molar-refractivity contribution < 1.29 is 14.3 Å². The topological polar surface area (TPSA) is 49.3 Å². The molecule has 0 heterocycles. The van der Waals surface area contributed by atoms with E-state index in [0.717, 1.165) is 18.4 Å². The van der Waals surface area contributed by atoms with E-state index in [-0.39, 0.29) is 18.3 Å². The monoisotopic (exact) mass is 237 g/mol. The summed E-state index contributed by atoms with van der Waals surface area (Å²) < 4.78 is 13.5. The van der Waals surface area contributed by atoms with E-state index in [9.17, 15) is 9.18 Å². The molecule has 17 heavy (non-hydrogen) atoms. The van der Waals surface area contributed by atoms with Crippen LogP contribution in [0.2, 0.25) is 0 Å². The van der Waals surface area contributed by atoms with Crippen LogP contribution in [0.1, 0.15) is 24.0 Å². The standard InChI is InChI=1S/C13H16FNO2/c1-8-2-5-11(14)10(6-8)7-15-12(13(16)17)9-3-4-9/h2,5-6,9,12,15H,3-4,7H2,1H3,(H,16,17). The van der Waals surface area contributed by atoms with Crippen molar-refractivity contribution in [2.45, 2.75) is 32.4 Å². The van der Waals surface area contributed by atoms with Crippen LogP contribution in [0.15, 0.2) is 18.2 Å². The van der Waals surface area contributed by atoms with E-state index < -0.39 is 12.0 Å². The summed E-state index contributed by atoms with van der Waals surface area (Å²) in [6.45, 7) is 2.15. The fraction of sp³-hybridized carbons (Fsp3) is 0.462. The maximum absolute atomic E-state index is 13.5. The number of hydrogen-bond donors (Lipinski definition) is 2. The van der Waals surface area contributed by atoms with Crippen molar-refractivity contribution >= 4 is 5.97 Å². The zero-order valence-electron chi connectivity index (χ0n) is 9.74. The first kappa shape index (κ1) is 12.0. The molecule has 2 rings (SSSR count). The Morgan fingerprint density at radius 2 is 2.29 bits per heavy atom. The Balaban J connectivity index is 2.00. The smallest absolute Gasteiger partial charge is 0.320 e. The van der Waals surface area contributed by atoms with Crippen LogP contribution in [0.5, 0.6) is 0 Å². The molecule has 1 aliphatic rings. The Labute approximate surface area is 99.7 Å². The molecule has 0 saturated heterocycles. The summed E-state index contributed by atoms with van der Waals surface area (Å²) in [5.74, 6) is -0.927. The third-order valence-corrected chi connectivity index (χ3v) is 3.07. The highest BCUT2D eigenvalue weighted by Crippen LogP contribution is 2.32. The van der Waals surface area contributed by atoms with Gasteiger partial charge in [-0.05, 0) is 31.7 Å². The van der Waals surface area contributed by atoms with Gasteiger partial charge in [0.25, 0.3) is 0 Å². The molecular weight excluding hydrogens is 221 g/mol. The van der Waals surface area contributed by atoms with Crippen LogP contribution in [0.25, 0.3) is 0 Å². The molecule has 0 bridgehead atoms. The van der Waals surface area contributed by atoms with Gasteiger partial charge in [-0.3, -0.25) is 10.1 Å². The van der Waals surface area contributed by atoms with E-state index in [1.165, 1.54) is 6.07 Å². The van der Waals surface area contributed by atoms with Crippen LogP contribution in [0.3, 0.4) is 0 Å². The molecule has 0 spiro atoms.